The molecule has 0 fully saturated rings. The summed E-state index contributed by atoms with van der Waals surface area (Å²) in [7, 11) is 0. The highest BCUT2D eigenvalue weighted by molar-refractivity contribution is 8.00. The minimum absolute atomic E-state index is 0.0970. The van der Waals surface area contributed by atoms with Crippen molar-refractivity contribution < 1.29 is 22.9 Å². The fourth-order valence-electron chi connectivity index (χ4n) is 2.21. The topological polar surface area (TPSA) is 142 Å². The summed E-state index contributed by atoms with van der Waals surface area (Å²) in [6, 6.07) is 5.85. The molecule has 30 heavy (non-hydrogen) atoms. The molecule has 0 spiro atoms. The number of hydrogen-bond donors (Lipinski definition) is 2. The second-order valence-corrected chi connectivity index (χ2v) is 7.93. The van der Waals surface area contributed by atoms with Crippen LogP contribution in [0, 0.1) is 10.1 Å². The van der Waals surface area contributed by atoms with Gasteiger partial charge in [-0.25, -0.2) is 9.66 Å². The number of thioether (sulfide) groups is 1. The second-order valence-electron chi connectivity index (χ2n) is 5.77. The Hall–Kier alpha value is -3.20. The third kappa shape index (κ3) is 4.68. The normalized spacial score (nSPS) is 12.5. The van der Waals surface area contributed by atoms with Crippen LogP contribution in [0.25, 0.3) is 11.3 Å². The zero-order valence-electron chi connectivity index (χ0n) is 15.0. The molecular weight excluding hydrogens is 447 g/mol. The number of amides is 1. The lowest BCUT2D eigenvalue weighted by atomic mass is 10.1. The summed E-state index contributed by atoms with van der Waals surface area (Å²) in [5.74, 6) is 3.43. The van der Waals surface area contributed by atoms with E-state index in [0.29, 0.717) is 23.0 Å². The number of hydrogen-bond acceptors (Lipinski definition) is 9. The van der Waals surface area contributed by atoms with Crippen molar-refractivity contribution in [3.63, 3.8) is 0 Å². The van der Waals surface area contributed by atoms with Gasteiger partial charge in [-0.3, -0.25) is 14.9 Å². The van der Waals surface area contributed by atoms with Crippen molar-refractivity contribution in [1.29, 1.82) is 0 Å². The highest BCUT2D eigenvalue weighted by Gasteiger charge is 2.38. The maximum atomic E-state index is 12.7. The molecule has 0 saturated carbocycles. The molecule has 0 aliphatic rings. The van der Waals surface area contributed by atoms with Crippen LogP contribution in [0.3, 0.4) is 0 Å². The molecule has 0 aliphatic heterocycles. The van der Waals surface area contributed by atoms with Crippen LogP contribution >= 0.6 is 23.1 Å². The Balaban J connectivity index is 1.68. The maximum Gasteiger partial charge on any atom is 0.453 e. The predicted octanol–water partition coefficient (Wildman–Crippen LogP) is 3.16. The number of carbonyl (C=O) groups is 1. The third-order valence-electron chi connectivity index (χ3n) is 3.66. The van der Waals surface area contributed by atoms with E-state index in [0.717, 1.165) is 11.3 Å². The highest BCUT2D eigenvalue weighted by atomic mass is 32.2. The largest absolute Gasteiger partial charge is 0.453 e. The SMILES string of the molecule is C[C@@H](Sc1nnc(C(F)(F)F)n1N)C(=O)Nc1nc(-c2cccc([N+](=O)[O-])c2)cs1. The number of nitrogens with one attached hydrogen (secondary N) is 1. The summed E-state index contributed by atoms with van der Waals surface area (Å²) in [4.78, 5) is 26.9. The van der Waals surface area contributed by atoms with Crippen LogP contribution in [0.2, 0.25) is 0 Å². The summed E-state index contributed by atoms with van der Waals surface area (Å²) < 4.78 is 38.4. The van der Waals surface area contributed by atoms with E-state index in [1.807, 2.05) is 0 Å². The van der Waals surface area contributed by atoms with E-state index in [1.54, 1.807) is 11.4 Å². The maximum absolute atomic E-state index is 12.7. The zero-order valence-corrected chi connectivity index (χ0v) is 16.6. The second kappa shape index (κ2) is 8.27. The Kier molecular flexibility index (Phi) is 5.93. The molecule has 3 aromatic rings. The summed E-state index contributed by atoms with van der Waals surface area (Å²) >= 11 is 1.79. The number of nitrogen functional groups attached to an aromatic ring is 1. The lowest BCUT2D eigenvalue weighted by Crippen LogP contribution is -2.25. The van der Waals surface area contributed by atoms with E-state index in [4.69, 9.17) is 5.84 Å². The van der Waals surface area contributed by atoms with E-state index >= 15 is 0 Å². The number of thiazole rings is 1. The van der Waals surface area contributed by atoms with Gasteiger partial charge in [0.05, 0.1) is 15.9 Å². The third-order valence-corrected chi connectivity index (χ3v) is 5.47. The number of nitrogens with zero attached hydrogens (tertiary/aromatic N) is 5. The Morgan fingerprint density at radius 3 is 2.77 bits per heavy atom. The molecular formula is C15H12F3N7O3S2. The van der Waals surface area contributed by atoms with Crippen molar-refractivity contribution in [3.05, 3.63) is 45.6 Å². The number of aromatic nitrogens is 4. The van der Waals surface area contributed by atoms with Crippen LogP contribution in [0.4, 0.5) is 24.0 Å². The average Bonchev–Trinajstić information content (AvgIpc) is 3.28. The quantitative estimate of drug-likeness (QED) is 0.248. The standard InChI is InChI=1S/C15H12F3N7O3S2/c1-7(30-14-23-22-12(24(14)19)15(16,17)18)11(26)21-13-20-10(6-29-13)8-3-2-4-9(5-8)25(27)28/h2-7H,19H2,1H3,(H,20,21,26)/t7-/m1/s1. The summed E-state index contributed by atoms with van der Waals surface area (Å²) in [5.41, 5.74) is 0.829. The first-order valence-corrected chi connectivity index (χ1v) is 9.77. The number of anilines is 1. The van der Waals surface area contributed by atoms with Crippen LogP contribution in [-0.2, 0) is 11.0 Å². The molecule has 10 nitrogen and oxygen atoms in total. The van der Waals surface area contributed by atoms with Crippen molar-refractivity contribution in [2.24, 2.45) is 0 Å². The fourth-order valence-corrected chi connectivity index (χ4v) is 3.70. The van der Waals surface area contributed by atoms with Gasteiger partial charge in [-0.05, 0) is 6.92 Å². The summed E-state index contributed by atoms with van der Waals surface area (Å²) in [6.07, 6.45) is -4.77. The molecule has 158 valence electrons. The molecule has 2 heterocycles. The number of halogens is 3. The minimum Gasteiger partial charge on any atom is -0.335 e. The molecule has 15 heteroatoms. The number of nitro groups is 1. The molecule has 0 aliphatic carbocycles. The molecule has 1 aromatic carbocycles. The Morgan fingerprint density at radius 2 is 2.13 bits per heavy atom. The summed E-state index contributed by atoms with van der Waals surface area (Å²) in [5, 5.41) is 20.5. The number of non-ortho nitro benzene ring substituents is 1. The van der Waals surface area contributed by atoms with Crippen LogP contribution in [-0.4, -0.2) is 35.9 Å². The van der Waals surface area contributed by atoms with Gasteiger partial charge in [0, 0.05) is 23.1 Å². The lowest BCUT2D eigenvalue weighted by molar-refractivity contribution is -0.384. The smallest absolute Gasteiger partial charge is 0.335 e. The van der Waals surface area contributed by atoms with Gasteiger partial charge in [0.2, 0.25) is 11.1 Å². The molecule has 3 N–H and O–H groups in total. The molecule has 0 saturated heterocycles. The predicted molar refractivity (Wildman–Crippen MR) is 103 cm³/mol. The van der Waals surface area contributed by atoms with E-state index in [9.17, 15) is 28.1 Å². The number of alkyl halides is 3. The van der Waals surface area contributed by atoms with E-state index in [1.165, 1.54) is 25.1 Å². The van der Waals surface area contributed by atoms with Gasteiger partial charge in [-0.15, -0.1) is 21.5 Å². The van der Waals surface area contributed by atoms with Crippen molar-refractivity contribution in [3.8, 4) is 11.3 Å². The highest BCUT2D eigenvalue weighted by Crippen LogP contribution is 2.31. The lowest BCUT2D eigenvalue weighted by Gasteiger charge is -2.10. The van der Waals surface area contributed by atoms with Gasteiger partial charge in [0.15, 0.2) is 5.13 Å². The Labute approximate surface area is 174 Å². The van der Waals surface area contributed by atoms with Gasteiger partial charge in [0.25, 0.3) is 11.5 Å². The summed E-state index contributed by atoms with van der Waals surface area (Å²) in [6.45, 7) is 1.46. The van der Waals surface area contributed by atoms with E-state index < -0.39 is 28.1 Å². The first-order chi connectivity index (χ1) is 14.1. The Morgan fingerprint density at radius 1 is 1.40 bits per heavy atom. The van der Waals surface area contributed by atoms with Crippen LogP contribution in [0.1, 0.15) is 12.7 Å². The van der Waals surface area contributed by atoms with Gasteiger partial charge in [0.1, 0.15) is 0 Å². The van der Waals surface area contributed by atoms with Crippen molar-refractivity contribution in [2.45, 2.75) is 23.5 Å². The first kappa shape index (κ1) is 21.5. The van der Waals surface area contributed by atoms with E-state index in [-0.39, 0.29) is 20.7 Å². The van der Waals surface area contributed by atoms with Gasteiger partial charge >= 0.3 is 6.18 Å². The fraction of sp³-hybridized carbons (Fsp3) is 0.200. The molecule has 2 aromatic heterocycles. The van der Waals surface area contributed by atoms with Gasteiger partial charge in [-0.2, -0.15) is 13.2 Å². The van der Waals surface area contributed by atoms with Crippen molar-refractivity contribution >= 4 is 39.8 Å². The minimum atomic E-state index is -4.77. The number of nitrogens with two attached hydrogens (primary N) is 1. The molecule has 0 bridgehead atoms. The molecule has 0 radical (unpaired) electrons. The molecule has 1 atom stereocenters. The molecule has 0 unspecified atom stereocenters. The monoisotopic (exact) mass is 459 g/mol. The van der Waals surface area contributed by atoms with Crippen LogP contribution in [0.5, 0.6) is 0 Å². The number of benzene rings is 1. The van der Waals surface area contributed by atoms with Crippen LogP contribution in [0.15, 0.2) is 34.8 Å². The number of rotatable bonds is 6. The van der Waals surface area contributed by atoms with Gasteiger partial charge < -0.3 is 11.2 Å². The molecule has 1 amide bonds. The van der Waals surface area contributed by atoms with Crippen LogP contribution < -0.4 is 11.2 Å². The average molecular weight is 459 g/mol. The number of nitro benzene ring substituents is 1. The Bertz CT molecular complexity index is 1100. The van der Waals surface area contributed by atoms with Crippen molar-refractivity contribution in [2.75, 3.05) is 11.2 Å². The van der Waals surface area contributed by atoms with Crippen molar-refractivity contribution in [1.82, 2.24) is 19.9 Å². The molecule has 3 rings (SSSR count). The number of carbonyl (C=O) groups excluding carboxylic acids is 1. The van der Waals surface area contributed by atoms with E-state index in [2.05, 4.69) is 20.5 Å². The first-order valence-electron chi connectivity index (χ1n) is 8.02. The zero-order chi connectivity index (χ0) is 22.1. The van der Waals surface area contributed by atoms with Gasteiger partial charge in [-0.1, -0.05) is 23.9 Å².